The number of rotatable bonds is 7. The van der Waals surface area contributed by atoms with Crippen LogP contribution in [0.25, 0.3) is 16.9 Å². The monoisotopic (exact) mass is 339 g/mol. The molecule has 8 nitrogen and oxygen atoms in total. The zero-order valence-electron chi connectivity index (χ0n) is 13.7. The summed E-state index contributed by atoms with van der Waals surface area (Å²) in [5, 5.41) is 13.2. The summed E-state index contributed by atoms with van der Waals surface area (Å²) in [6, 6.07) is 7.88. The Labute approximate surface area is 144 Å². The van der Waals surface area contributed by atoms with Gasteiger partial charge < -0.3 is 21.4 Å². The van der Waals surface area contributed by atoms with E-state index in [1.54, 1.807) is 16.8 Å². The minimum Gasteiger partial charge on any atom is -0.370 e. The Bertz CT molecular complexity index is 911. The summed E-state index contributed by atoms with van der Waals surface area (Å²) >= 11 is 0. The maximum absolute atomic E-state index is 12.2. The zero-order chi connectivity index (χ0) is 17.6. The Morgan fingerprint density at radius 3 is 2.84 bits per heavy atom. The molecule has 6 N–H and O–H groups in total. The zero-order valence-corrected chi connectivity index (χ0v) is 13.7. The summed E-state index contributed by atoms with van der Waals surface area (Å²) in [5.41, 5.74) is 7.54. The van der Waals surface area contributed by atoms with Crippen molar-refractivity contribution in [2.24, 2.45) is 5.73 Å². The summed E-state index contributed by atoms with van der Waals surface area (Å²) in [6.45, 7) is 2.26. The number of hydrogen-bond acceptors (Lipinski definition) is 4. The molecule has 0 unspecified atom stereocenters. The van der Waals surface area contributed by atoms with Crippen molar-refractivity contribution in [3.8, 4) is 11.1 Å². The average molecular weight is 339 g/mol. The van der Waals surface area contributed by atoms with Crippen LogP contribution in [0, 0.1) is 5.41 Å². The van der Waals surface area contributed by atoms with Crippen LogP contribution in [0.5, 0.6) is 0 Å². The summed E-state index contributed by atoms with van der Waals surface area (Å²) in [7, 11) is 0. The van der Waals surface area contributed by atoms with Crippen molar-refractivity contribution < 1.29 is 0 Å². The third kappa shape index (κ3) is 4.24. The summed E-state index contributed by atoms with van der Waals surface area (Å²) < 4.78 is 1.79. The maximum Gasteiger partial charge on any atom is 0.282 e. The van der Waals surface area contributed by atoms with Crippen molar-refractivity contribution in [2.45, 2.75) is 13.0 Å². The molecule has 3 aromatic rings. The number of nitrogens with zero attached hydrogens (tertiary/aromatic N) is 2. The molecule has 0 spiro atoms. The third-order valence-corrected chi connectivity index (χ3v) is 3.84. The van der Waals surface area contributed by atoms with Crippen LogP contribution in [0.2, 0.25) is 0 Å². The molecule has 0 radical (unpaired) electrons. The van der Waals surface area contributed by atoms with Gasteiger partial charge in [-0.05, 0) is 24.1 Å². The van der Waals surface area contributed by atoms with E-state index in [1.165, 1.54) is 0 Å². The van der Waals surface area contributed by atoms with Crippen LogP contribution in [0.1, 0.15) is 12.0 Å². The van der Waals surface area contributed by atoms with Gasteiger partial charge in [-0.25, -0.2) is 0 Å². The molecular formula is C17H21N7O. The number of benzene rings is 1. The van der Waals surface area contributed by atoms with Gasteiger partial charge in [0.1, 0.15) is 0 Å². The highest BCUT2D eigenvalue weighted by atomic mass is 16.1. The fraction of sp³-hybridized carbons (Fsp3) is 0.235. The molecule has 1 aromatic carbocycles. The molecule has 0 saturated carbocycles. The number of hydrogen-bond donors (Lipinski definition) is 5. The smallest absolute Gasteiger partial charge is 0.282 e. The minimum absolute atomic E-state index is 0.00110. The van der Waals surface area contributed by atoms with E-state index in [-0.39, 0.29) is 11.5 Å². The topological polar surface area (TPSA) is 124 Å². The molecular weight excluding hydrogens is 318 g/mol. The molecule has 25 heavy (non-hydrogen) atoms. The van der Waals surface area contributed by atoms with Crippen LogP contribution in [0.3, 0.4) is 0 Å². The third-order valence-electron chi connectivity index (χ3n) is 3.84. The highest BCUT2D eigenvalue weighted by molar-refractivity contribution is 5.74. The Morgan fingerprint density at radius 2 is 2.08 bits per heavy atom. The predicted octanol–water partition coefficient (Wildman–Crippen LogP) is 0.652. The van der Waals surface area contributed by atoms with E-state index in [0.29, 0.717) is 17.9 Å². The lowest BCUT2D eigenvalue weighted by atomic mass is 10.1. The van der Waals surface area contributed by atoms with E-state index in [0.717, 1.165) is 30.6 Å². The van der Waals surface area contributed by atoms with Gasteiger partial charge in [0, 0.05) is 31.7 Å². The minimum atomic E-state index is -0.244. The second-order valence-electron chi connectivity index (χ2n) is 5.72. The van der Waals surface area contributed by atoms with Crippen LogP contribution in [0.15, 0.2) is 47.7 Å². The highest BCUT2D eigenvalue weighted by Crippen LogP contribution is 2.16. The number of nitrogens with one attached hydrogen (secondary N) is 4. The van der Waals surface area contributed by atoms with Gasteiger partial charge in [0.25, 0.3) is 5.56 Å². The number of aromatic amines is 1. The van der Waals surface area contributed by atoms with Crippen LogP contribution >= 0.6 is 0 Å². The van der Waals surface area contributed by atoms with Gasteiger partial charge in [0.15, 0.2) is 5.96 Å². The fourth-order valence-corrected chi connectivity index (χ4v) is 2.55. The van der Waals surface area contributed by atoms with Crippen LogP contribution in [0.4, 0.5) is 0 Å². The van der Waals surface area contributed by atoms with Crippen molar-refractivity contribution in [3.05, 3.63) is 58.8 Å². The molecule has 3 rings (SSSR count). The van der Waals surface area contributed by atoms with Crippen molar-refractivity contribution in [3.63, 3.8) is 0 Å². The number of aromatic nitrogens is 3. The van der Waals surface area contributed by atoms with Gasteiger partial charge in [0.2, 0.25) is 5.78 Å². The van der Waals surface area contributed by atoms with Gasteiger partial charge >= 0.3 is 0 Å². The average Bonchev–Trinajstić information content (AvgIpc) is 3.05. The van der Waals surface area contributed by atoms with Gasteiger partial charge in [-0.2, -0.15) is 4.98 Å². The number of imidazole rings is 1. The Kier molecular flexibility index (Phi) is 5.10. The van der Waals surface area contributed by atoms with Crippen molar-refractivity contribution >= 4 is 11.7 Å². The standard InChI is InChI=1S/C17H21N7O/c18-16(19)21-7-1-6-20-10-12-2-4-13(5-3-12)14-11-24-9-8-22-17(24)23-15(14)25/h2-5,8-9,11,20H,1,6-7,10H2,(H4,18,19,21)(H,22,23,25). The molecule has 2 aromatic heterocycles. The Balaban J connectivity index is 1.59. The lowest BCUT2D eigenvalue weighted by Crippen LogP contribution is -2.32. The molecule has 0 aliphatic rings. The van der Waals surface area contributed by atoms with E-state index < -0.39 is 0 Å². The van der Waals surface area contributed by atoms with Gasteiger partial charge in [-0.3, -0.25) is 14.6 Å². The van der Waals surface area contributed by atoms with E-state index in [1.807, 2.05) is 30.5 Å². The van der Waals surface area contributed by atoms with Crippen LogP contribution in [-0.2, 0) is 6.54 Å². The van der Waals surface area contributed by atoms with Crippen LogP contribution in [-0.4, -0.2) is 33.4 Å². The van der Waals surface area contributed by atoms with E-state index >= 15 is 0 Å². The second-order valence-corrected chi connectivity index (χ2v) is 5.72. The molecule has 0 aliphatic carbocycles. The first-order valence-electron chi connectivity index (χ1n) is 8.08. The molecule has 0 fully saturated rings. The predicted molar refractivity (Wildman–Crippen MR) is 97.5 cm³/mol. The first-order chi connectivity index (χ1) is 12.1. The molecule has 0 bridgehead atoms. The molecule has 0 aliphatic heterocycles. The molecule has 2 heterocycles. The van der Waals surface area contributed by atoms with Crippen molar-refractivity contribution in [1.82, 2.24) is 25.0 Å². The molecule has 130 valence electrons. The van der Waals surface area contributed by atoms with Crippen molar-refractivity contribution in [1.29, 1.82) is 5.41 Å². The molecule has 0 saturated heterocycles. The number of nitrogens with two attached hydrogens (primary N) is 1. The second kappa shape index (κ2) is 7.63. The molecule has 0 amide bonds. The van der Waals surface area contributed by atoms with E-state index in [4.69, 9.17) is 11.1 Å². The Morgan fingerprint density at radius 1 is 1.28 bits per heavy atom. The van der Waals surface area contributed by atoms with Gasteiger partial charge in [-0.1, -0.05) is 24.3 Å². The largest absolute Gasteiger partial charge is 0.370 e. The lowest BCUT2D eigenvalue weighted by Gasteiger charge is -2.07. The number of fused-ring (bicyclic) bond motifs is 1. The molecule has 8 heteroatoms. The number of H-pyrrole nitrogens is 1. The van der Waals surface area contributed by atoms with Crippen LogP contribution < -0.4 is 21.9 Å². The summed E-state index contributed by atoms with van der Waals surface area (Å²) in [5.74, 6) is 0.535. The Hall–Kier alpha value is -3.13. The van der Waals surface area contributed by atoms with Crippen molar-refractivity contribution in [2.75, 3.05) is 13.1 Å². The lowest BCUT2D eigenvalue weighted by molar-refractivity contribution is 0.639. The molecule has 0 atom stereocenters. The normalized spacial score (nSPS) is 10.9. The fourth-order valence-electron chi connectivity index (χ4n) is 2.55. The van der Waals surface area contributed by atoms with Gasteiger partial charge in [-0.15, -0.1) is 0 Å². The first-order valence-corrected chi connectivity index (χ1v) is 8.08. The summed E-state index contributed by atoms with van der Waals surface area (Å²) in [6.07, 6.45) is 6.24. The summed E-state index contributed by atoms with van der Waals surface area (Å²) in [4.78, 5) is 19.1. The SMILES string of the molecule is N=C(N)NCCCNCc1ccc(-c2cn3cc[nH]c3nc2=O)cc1. The van der Waals surface area contributed by atoms with E-state index in [2.05, 4.69) is 20.6 Å². The number of guanidine groups is 1. The van der Waals surface area contributed by atoms with Gasteiger partial charge in [0.05, 0.1) is 5.56 Å². The maximum atomic E-state index is 12.2. The highest BCUT2D eigenvalue weighted by Gasteiger charge is 2.07. The quantitative estimate of drug-likeness (QED) is 0.246. The first kappa shape index (κ1) is 16.7. The van der Waals surface area contributed by atoms with E-state index in [9.17, 15) is 4.79 Å².